The summed E-state index contributed by atoms with van der Waals surface area (Å²) in [5.74, 6) is 1.02. The largest absolute Gasteiger partial charge is 0.487 e. The van der Waals surface area contributed by atoms with Crippen molar-refractivity contribution in [3.63, 3.8) is 0 Å². The quantitative estimate of drug-likeness (QED) is 0.508. The molecule has 0 fully saturated rings. The van der Waals surface area contributed by atoms with Gasteiger partial charge in [0, 0.05) is 5.75 Å². The summed E-state index contributed by atoms with van der Waals surface area (Å²) in [5, 5.41) is 9.78. The van der Waals surface area contributed by atoms with Crippen molar-refractivity contribution in [1.82, 2.24) is 9.97 Å². The number of hydrogen-bond donors (Lipinski definition) is 1. The van der Waals surface area contributed by atoms with E-state index in [1.807, 2.05) is 43.3 Å². The van der Waals surface area contributed by atoms with Gasteiger partial charge in [0.1, 0.15) is 41.3 Å². The lowest BCUT2D eigenvalue weighted by Gasteiger charge is -2.11. The van der Waals surface area contributed by atoms with E-state index in [1.54, 1.807) is 6.07 Å². The second kappa shape index (κ2) is 8.52. The van der Waals surface area contributed by atoms with Gasteiger partial charge >= 0.3 is 0 Å². The molecule has 0 bridgehead atoms. The fourth-order valence-corrected chi connectivity index (χ4v) is 3.25. The van der Waals surface area contributed by atoms with E-state index >= 15 is 0 Å². The summed E-state index contributed by atoms with van der Waals surface area (Å²) in [5.41, 5.74) is 8.35. The molecule has 1 heterocycles. The van der Waals surface area contributed by atoms with Gasteiger partial charge in [0.25, 0.3) is 0 Å². The maximum absolute atomic E-state index is 13.3. The Morgan fingerprint density at radius 2 is 2.00 bits per heavy atom. The number of aromatic nitrogens is 2. The van der Waals surface area contributed by atoms with Crippen LogP contribution in [-0.2, 0) is 12.4 Å². The lowest BCUT2D eigenvalue weighted by atomic mass is 10.2. The molecule has 0 saturated heterocycles. The molecule has 0 spiro atoms. The molecule has 2 aromatic carbocycles. The molecular weight excluding hydrogens is 363 g/mol. The van der Waals surface area contributed by atoms with E-state index in [0.29, 0.717) is 22.4 Å². The fraction of sp³-hybridized carbons (Fsp3) is 0.150. The standard InChI is InChI=1S/C20H17FN4OS/c1-13-5-2-3-8-18(13)26-11-17-16(10-22)19(23)25-20(24-17)27-12-14-6-4-7-15(21)9-14/h2-9H,11-12H2,1H3,(H2,23,24,25). The molecule has 1 aromatic heterocycles. The van der Waals surface area contributed by atoms with Gasteiger partial charge in [-0.25, -0.2) is 14.4 Å². The van der Waals surface area contributed by atoms with E-state index in [-0.39, 0.29) is 23.8 Å². The highest BCUT2D eigenvalue weighted by atomic mass is 32.2. The van der Waals surface area contributed by atoms with Gasteiger partial charge in [0.05, 0.1) is 0 Å². The summed E-state index contributed by atoms with van der Waals surface area (Å²) >= 11 is 1.32. The van der Waals surface area contributed by atoms with Crippen LogP contribution in [0.25, 0.3) is 0 Å². The first kappa shape index (κ1) is 18.7. The van der Waals surface area contributed by atoms with E-state index in [0.717, 1.165) is 11.1 Å². The van der Waals surface area contributed by atoms with Gasteiger partial charge in [-0.15, -0.1) is 0 Å². The molecule has 2 N–H and O–H groups in total. The zero-order valence-corrected chi connectivity index (χ0v) is 15.5. The lowest BCUT2D eigenvalue weighted by Crippen LogP contribution is -2.08. The zero-order chi connectivity index (χ0) is 19.2. The predicted molar refractivity (Wildman–Crippen MR) is 103 cm³/mol. The number of aryl methyl sites for hydroxylation is 1. The first-order valence-corrected chi connectivity index (χ1v) is 9.17. The Morgan fingerprint density at radius 1 is 1.19 bits per heavy atom. The molecular formula is C20H17FN4OS. The summed E-state index contributed by atoms with van der Waals surface area (Å²) in [7, 11) is 0. The molecule has 3 aromatic rings. The smallest absolute Gasteiger partial charge is 0.190 e. The van der Waals surface area contributed by atoms with Crippen molar-refractivity contribution in [3.8, 4) is 11.8 Å². The number of benzene rings is 2. The number of thioether (sulfide) groups is 1. The summed E-state index contributed by atoms with van der Waals surface area (Å²) in [6.07, 6.45) is 0. The number of ether oxygens (including phenoxy) is 1. The first-order valence-electron chi connectivity index (χ1n) is 8.19. The van der Waals surface area contributed by atoms with Gasteiger partial charge in [-0.2, -0.15) is 5.26 Å². The minimum absolute atomic E-state index is 0.105. The Balaban J connectivity index is 1.78. The minimum atomic E-state index is -0.291. The second-order valence-electron chi connectivity index (χ2n) is 5.80. The fourth-order valence-electron chi connectivity index (χ4n) is 2.43. The lowest BCUT2D eigenvalue weighted by molar-refractivity contribution is 0.297. The number of halogens is 1. The maximum Gasteiger partial charge on any atom is 0.190 e. The average molecular weight is 380 g/mol. The Morgan fingerprint density at radius 3 is 2.74 bits per heavy atom. The molecule has 136 valence electrons. The molecule has 0 atom stereocenters. The zero-order valence-electron chi connectivity index (χ0n) is 14.6. The van der Waals surface area contributed by atoms with Crippen molar-refractivity contribution in [2.24, 2.45) is 0 Å². The summed E-state index contributed by atoms with van der Waals surface area (Å²) in [4.78, 5) is 8.59. The van der Waals surface area contributed by atoms with Crippen molar-refractivity contribution >= 4 is 17.6 Å². The minimum Gasteiger partial charge on any atom is -0.487 e. The summed E-state index contributed by atoms with van der Waals surface area (Å²) in [6.45, 7) is 2.04. The Labute approximate surface area is 161 Å². The summed E-state index contributed by atoms with van der Waals surface area (Å²) < 4.78 is 19.1. The third-order valence-electron chi connectivity index (χ3n) is 3.82. The van der Waals surface area contributed by atoms with Gasteiger partial charge in [0.2, 0.25) is 0 Å². The van der Waals surface area contributed by atoms with Gasteiger partial charge in [-0.1, -0.05) is 42.1 Å². The third kappa shape index (κ3) is 4.74. The Hall–Kier alpha value is -3.11. The van der Waals surface area contributed by atoms with Crippen LogP contribution in [0.2, 0.25) is 0 Å². The van der Waals surface area contributed by atoms with E-state index in [2.05, 4.69) is 9.97 Å². The maximum atomic E-state index is 13.3. The van der Waals surface area contributed by atoms with Crippen molar-refractivity contribution in [2.45, 2.75) is 24.4 Å². The Kier molecular flexibility index (Phi) is 5.89. The number of rotatable bonds is 6. The van der Waals surface area contributed by atoms with Crippen molar-refractivity contribution in [3.05, 3.63) is 76.7 Å². The predicted octanol–water partition coefficient (Wildman–Crippen LogP) is 4.25. The van der Waals surface area contributed by atoms with Crippen LogP contribution in [0.1, 0.15) is 22.4 Å². The molecule has 0 aliphatic rings. The highest BCUT2D eigenvalue weighted by Gasteiger charge is 2.14. The van der Waals surface area contributed by atoms with Gasteiger partial charge in [0.15, 0.2) is 5.16 Å². The third-order valence-corrected chi connectivity index (χ3v) is 4.74. The second-order valence-corrected chi connectivity index (χ2v) is 6.74. The normalized spacial score (nSPS) is 10.4. The average Bonchev–Trinajstić information content (AvgIpc) is 2.65. The molecule has 0 aliphatic carbocycles. The monoisotopic (exact) mass is 380 g/mol. The van der Waals surface area contributed by atoms with E-state index in [1.165, 1.54) is 23.9 Å². The van der Waals surface area contributed by atoms with Gasteiger partial charge < -0.3 is 10.5 Å². The Bertz CT molecular complexity index is 1000. The van der Waals surface area contributed by atoms with Crippen LogP contribution >= 0.6 is 11.8 Å². The number of nitrogens with zero attached hydrogens (tertiary/aromatic N) is 3. The molecule has 5 nitrogen and oxygen atoms in total. The van der Waals surface area contributed by atoms with Crippen LogP contribution in [0.3, 0.4) is 0 Å². The summed E-state index contributed by atoms with van der Waals surface area (Å²) in [6, 6.07) is 16.0. The van der Waals surface area contributed by atoms with Gasteiger partial charge in [-0.05, 0) is 36.2 Å². The number of nitriles is 1. The molecule has 0 amide bonds. The number of nitrogen functional groups attached to an aromatic ring is 1. The van der Waals surface area contributed by atoms with E-state index < -0.39 is 0 Å². The number of nitrogens with two attached hydrogens (primary N) is 1. The number of para-hydroxylation sites is 1. The molecule has 0 unspecified atom stereocenters. The van der Waals surface area contributed by atoms with Crippen LogP contribution in [0.4, 0.5) is 10.2 Å². The van der Waals surface area contributed by atoms with E-state index in [9.17, 15) is 9.65 Å². The van der Waals surface area contributed by atoms with Crippen LogP contribution < -0.4 is 10.5 Å². The molecule has 7 heteroatoms. The van der Waals surface area contributed by atoms with Crippen LogP contribution in [0.5, 0.6) is 5.75 Å². The van der Waals surface area contributed by atoms with Crippen molar-refractivity contribution in [2.75, 3.05) is 5.73 Å². The number of anilines is 1. The molecule has 0 aliphatic heterocycles. The van der Waals surface area contributed by atoms with Crippen LogP contribution in [0, 0.1) is 24.1 Å². The van der Waals surface area contributed by atoms with Crippen molar-refractivity contribution in [1.29, 1.82) is 5.26 Å². The first-order chi connectivity index (χ1) is 13.1. The van der Waals surface area contributed by atoms with Crippen LogP contribution in [0.15, 0.2) is 53.7 Å². The van der Waals surface area contributed by atoms with E-state index in [4.69, 9.17) is 10.5 Å². The van der Waals surface area contributed by atoms with Crippen molar-refractivity contribution < 1.29 is 9.13 Å². The molecule has 0 radical (unpaired) electrons. The van der Waals surface area contributed by atoms with Crippen LogP contribution in [-0.4, -0.2) is 9.97 Å². The van der Waals surface area contributed by atoms with Gasteiger partial charge in [-0.3, -0.25) is 0 Å². The highest BCUT2D eigenvalue weighted by Crippen LogP contribution is 2.25. The SMILES string of the molecule is Cc1ccccc1OCc1nc(SCc2cccc(F)c2)nc(N)c1C#N. The number of hydrogen-bond acceptors (Lipinski definition) is 6. The topological polar surface area (TPSA) is 84.8 Å². The molecule has 27 heavy (non-hydrogen) atoms. The molecule has 3 rings (SSSR count). The molecule has 0 saturated carbocycles. The highest BCUT2D eigenvalue weighted by molar-refractivity contribution is 7.98.